The van der Waals surface area contributed by atoms with Crippen molar-refractivity contribution < 1.29 is 19.0 Å². The van der Waals surface area contributed by atoms with Crippen molar-refractivity contribution in [2.24, 2.45) is 0 Å². The van der Waals surface area contributed by atoms with Crippen molar-refractivity contribution in [2.75, 3.05) is 41.0 Å². The largest absolute Gasteiger partial charge is 0.493 e. The molecule has 6 nitrogen and oxygen atoms in total. The van der Waals surface area contributed by atoms with Crippen LogP contribution in [0.5, 0.6) is 17.2 Å². The van der Waals surface area contributed by atoms with Crippen LogP contribution in [0.2, 0.25) is 0 Å². The van der Waals surface area contributed by atoms with Gasteiger partial charge in [0, 0.05) is 37.8 Å². The van der Waals surface area contributed by atoms with Gasteiger partial charge in [0.15, 0.2) is 11.5 Å². The second-order valence-electron chi connectivity index (χ2n) is 7.60. The molecule has 2 heterocycles. The molecule has 1 amide bonds. The van der Waals surface area contributed by atoms with E-state index in [2.05, 4.69) is 29.2 Å². The van der Waals surface area contributed by atoms with E-state index in [1.54, 1.807) is 33.5 Å². The van der Waals surface area contributed by atoms with Gasteiger partial charge in [0.25, 0.3) is 5.91 Å². The normalized spacial score (nSPS) is 19.0. The van der Waals surface area contributed by atoms with Gasteiger partial charge in [-0.3, -0.25) is 9.69 Å². The monoisotopic (exact) mass is 396 g/mol. The number of carbonyl (C=O) groups is 1. The Balaban J connectivity index is 1.48. The van der Waals surface area contributed by atoms with E-state index < -0.39 is 0 Å². The third kappa shape index (κ3) is 3.77. The lowest BCUT2D eigenvalue weighted by atomic mass is 9.98. The second-order valence-corrected chi connectivity index (χ2v) is 7.60. The highest BCUT2D eigenvalue weighted by atomic mass is 16.5. The van der Waals surface area contributed by atoms with Crippen molar-refractivity contribution >= 4 is 5.91 Å². The Labute approximate surface area is 172 Å². The minimum absolute atomic E-state index is 0.00385. The zero-order valence-corrected chi connectivity index (χ0v) is 17.3. The van der Waals surface area contributed by atoms with Gasteiger partial charge in [-0.05, 0) is 36.1 Å². The third-order valence-corrected chi connectivity index (χ3v) is 6.04. The lowest BCUT2D eigenvalue weighted by Gasteiger charge is -2.33. The maximum Gasteiger partial charge on any atom is 0.254 e. The summed E-state index contributed by atoms with van der Waals surface area (Å²) in [5.41, 5.74) is 3.42. The fourth-order valence-corrected chi connectivity index (χ4v) is 4.44. The Morgan fingerprint density at radius 2 is 1.66 bits per heavy atom. The molecule has 0 aromatic heterocycles. The zero-order valence-electron chi connectivity index (χ0n) is 17.3. The number of amides is 1. The molecule has 0 N–H and O–H groups in total. The van der Waals surface area contributed by atoms with Crippen LogP contribution in [-0.4, -0.2) is 62.7 Å². The highest BCUT2D eigenvalue weighted by Crippen LogP contribution is 2.38. The first-order valence-electron chi connectivity index (χ1n) is 10.0. The predicted molar refractivity (Wildman–Crippen MR) is 111 cm³/mol. The molecule has 2 aliphatic rings. The number of nitrogens with zero attached hydrogens (tertiary/aromatic N) is 2. The molecule has 0 aliphatic carbocycles. The molecule has 6 heteroatoms. The molecule has 1 fully saturated rings. The molecule has 0 unspecified atom stereocenters. The van der Waals surface area contributed by atoms with Gasteiger partial charge >= 0.3 is 0 Å². The van der Waals surface area contributed by atoms with Gasteiger partial charge in [0.2, 0.25) is 5.75 Å². The van der Waals surface area contributed by atoms with Crippen LogP contribution in [-0.2, 0) is 13.0 Å². The molecule has 0 radical (unpaired) electrons. The Kier molecular flexibility index (Phi) is 5.62. The highest BCUT2D eigenvalue weighted by Gasteiger charge is 2.33. The molecule has 2 aromatic carbocycles. The maximum atomic E-state index is 13.2. The molecular formula is C23H28N2O4. The van der Waals surface area contributed by atoms with E-state index >= 15 is 0 Å². The predicted octanol–water partition coefficient (Wildman–Crippen LogP) is 2.99. The molecule has 1 saturated heterocycles. The first-order valence-corrected chi connectivity index (χ1v) is 10.0. The van der Waals surface area contributed by atoms with E-state index in [1.165, 1.54) is 11.1 Å². The van der Waals surface area contributed by atoms with Crippen LogP contribution in [0.4, 0.5) is 0 Å². The van der Waals surface area contributed by atoms with Gasteiger partial charge in [-0.25, -0.2) is 0 Å². The van der Waals surface area contributed by atoms with Crippen molar-refractivity contribution in [1.29, 1.82) is 0 Å². The number of ether oxygens (including phenoxy) is 3. The average Bonchev–Trinajstić information content (AvgIpc) is 3.27. The quantitative estimate of drug-likeness (QED) is 0.778. The standard InChI is InChI=1S/C23H28N2O4/c1-27-20-12-18(13-21(28-2)22(20)29-3)23(26)25-11-9-19(15-25)24-10-8-16-6-4-5-7-17(16)14-24/h4-7,12-13,19H,8-11,14-15H2,1-3H3/t19-/m0/s1. The summed E-state index contributed by atoms with van der Waals surface area (Å²) in [5, 5.41) is 0. The molecule has 2 aliphatic heterocycles. The summed E-state index contributed by atoms with van der Waals surface area (Å²) < 4.78 is 16.2. The molecule has 2 aromatic rings. The minimum atomic E-state index is 0.00385. The van der Waals surface area contributed by atoms with Crippen molar-refractivity contribution in [3.05, 3.63) is 53.1 Å². The van der Waals surface area contributed by atoms with Crippen LogP contribution < -0.4 is 14.2 Å². The number of rotatable bonds is 5. The van der Waals surface area contributed by atoms with Crippen LogP contribution in [0.15, 0.2) is 36.4 Å². The molecule has 1 atom stereocenters. The summed E-state index contributed by atoms with van der Waals surface area (Å²) in [6.07, 6.45) is 2.08. The first-order chi connectivity index (χ1) is 14.1. The number of benzene rings is 2. The van der Waals surface area contributed by atoms with Gasteiger partial charge in [-0.2, -0.15) is 0 Å². The van der Waals surface area contributed by atoms with E-state index in [0.29, 0.717) is 28.9 Å². The lowest BCUT2D eigenvalue weighted by Crippen LogP contribution is -2.41. The lowest BCUT2D eigenvalue weighted by molar-refractivity contribution is 0.0772. The third-order valence-electron chi connectivity index (χ3n) is 6.04. The summed E-state index contributed by atoms with van der Waals surface area (Å²) in [6.45, 7) is 3.52. The van der Waals surface area contributed by atoms with Gasteiger partial charge < -0.3 is 19.1 Å². The average molecular weight is 396 g/mol. The number of carbonyl (C=O) groups excluding carboxylic acids is 1. The molecular weight excluding hydrogens is 368 g/mol. The Morgan fingerprint density at radius 1 is 0.966 bits per heavy atom. The van der Waals surface area contributed by atoms with Crippen molar-refractivity contribution in [1.82, 2.24) is 9.80 Å². The minimum Gasteiger partial charge on any atom is -0.493 e. The number of hydrogen-bond donors (Lipinski definition) is 0. The van der Waals surface area contributed by atoms with E-state index in [1.807, 2.05) is 4.90 Å². The van der Waals surface area contributed by atoms with Crippen molar-refractivity contribution in [3.63, 3.8) is 0 Å². The van der Waals surface area contributed by atoms with Crippen LogP contribution in [0.1, 0.15) is 27.9 Å². The number of likely N-dealkylation sites (tertiary alicyclic amines) is 1. The van der Waals surface area contributed by atoms with E-state index in [-0.39, 0.29) is 5.91 Å². The van der Waals surface area contributed by atoms with Gasteiger partial charge in [-0.1, -0.05) is 24.3 Å². The fraction of sp³-hybridized carbons (Fsp3) is 0.435. The van der Waals surface area contributed by atoms with Crippen LogP contribution in [0, 0.1) is 0 Å². The Bertz CT molecular complexity index is 873. The summed E-state index contributed by atoms with van der Waals surface area (Å²) in [6, 6.07) is 12.5. The van der Waals surface area contributed by atoms with Gasteiger partial charge in [0.05, 0.1) is 21.3 Å². The molecule has 4 rings (SSSR count). The van der Waals surface area contributed by atoms with Crippen molar-refractivity contribution in [2.45, 2.75) is 25.4 Å². The van der Waals surface area contributed by atoms with Crippen LogP contribution in [0.25, 0.3) is 0 Å². The number of methoxy groups -OCH3 is 3. The van der Waals surface area contributed by atoms with E-state index in [4.69, 9.17) is 14.2 Å². The molecule has 0 saturated carbocycles. The molecule has 0 bridgehead atoms. The number of fused-ring (bicyclic) bond motifs is 1. The Morgan fingerprint density at radius 3 is 2.31 bits per heavy atom. The summed E-state index contributed by atoms with van der Waals surface area (Å²) >= 11 is 0. The van der Waals surface area contributed by atoms with E-state index in [0.717, 1.165) is 39.0 Å². The smallest absolute Gasteiger partial charge is 0.254 e. The topological polar surface area (TPSA) is 51.2 Å². The SMILES string of the molecule is COc1cc(C(=O)N2CC[C@H](N3CCc4ccccc4C3)C2)cc(OC)c1OC. The summed E-state index contributed by atoms with van der Waals surface area (Å²) in [7, 11) is 4.68. The van der Waals surface area contributed by atoms with Crippen molar-refractivity contribution in [3.8, 4) is 17.2 Å². The molecule has 154 valence electrons. The van der Waals surface area contributed by atoms with Crippen LogP contribution >= 0.6 is 0 Å². The van der Waals surface area contributed by atoms with Gasteiger partial charge in [-0.15, -0.1) is 0 Å². The van der Waals surface area contributed by atoms with Gasteiger partial charge in [0.1, 0.15) is 0 Å². The second kappa shape index (κ2) is 8.33. The molecule has 29 heavy (non-hydrogen) atoms. The summed E-state index contributed by atoms with van der Waals surface area (Å²) in [5.74, 6) is 1.50. The maximum absolute atomic E-state index is 13.2. The number of hydrogen-bond acceptors (Lipinski definition) is 5. The van der Waals surface area contributed by atoms with Crippen LogP contribution in [0.3, 0.4) is 0 Å². The van der Waals surface area contributed by atoms with E-state index in [9.17, 15) is 4.79 Å². The highest BCUT2D eigenvalue weighted by molar-refractivity contribution is 5.96. The first kappa shape index (κ1) is 19.6. The molecule has 0 spiro atoms. The summed E-state index contributed by atoms with van der Waals surface area (Å²) in [4.78, 5) is 17.6. The fourth-order valence-electron chi connectivity index (χ4n) is 4.44. The Hall–Kier alpha value is -2.73. The zero-order chi connectivity index (χ0) is 20.4.